The Hall–Kier alpha value is -0.870. The Labute approximate surface area is 77.1 Å². The van der Waals surface area contributed by atoms with E-state index in [0.717, 1.165) is 12.5 Å². The molecule has 0 spiro atoms. The molecule has 1 heterocycles. The van der Waals surface area contributed by atoms with Crippen LogP contribution in [-0.2, 0) is 14.3 Å². The molecule has 1 saturated heterocycles. The highest BCUT2D eigenvalue weighted by molar-refractivity contribution is 5.79. The third-order valence-electron chi connectivity index (χ3n) is 2.05. The molecule has 0 radical (unpaired) electrons. The molecule has 0 saturated carbocycles. The third kappa shape index (κ3) is 2.82. The van der Waals surface area contributed by atoms with Gasteiger partial charge in [0.05, 0.1) is 6.61 Å². The first kappa shape index (κ1) is 10.2. The van der Waals surface area contributed by atoms with Crippen molar-refractivity contribution >= 4 is 5.97 Å². The van der Waals surface area contributed by atoms with Gasteiger partial charge in [0.25, 0.3) is 0 Å². The van der Waals surface area contributed by atoms with Crippen LogP contribution in [0.5, 0.6) is 0 Å². The number of hydrogen-bond acceptors (Lipinski definition) is 3. The predicted octanol–water partition coefficient (Wildman–Crippen LogP) is 1.17. The molecule has 1 fully saturated rings. The number of carboxylic acid groups (broad SMARTS) is 1. The quantitative estimate of drug-likeness (QED) is 0.672. The van der Waals surface area contributed by atoms with Crippen LogP contribution >= 0.6 is 0 Å². The maximum atomic E-state index is 10.2. The zero-order valence-electron chi connectivity index (χ0n) is 7.82. The Morgan fingerprint density at radius 1 is 1.77 bits per heavy atom. The van der Waals surface area contributed by atoms with Gasteiger partial charge in [0, 0.05) is 6.08 Å². The topological polar surface area (TPSA) is 55.8 Å². The summed E-state index contributed by atoms with van der Waals surface area (Å²) in [5.41, 5.74) is 0. The number of rotatable bonds is 3. The molecule has 0 aromatic heterocycles. The second kappa shape index (κ2) is 3.89. The smallest absolute Gasteiger partial charge is 0.328 e. The summed E-state index contributed by atoms with van der Waals surface area (Å²) in [6, 6.07) is 0. The van der Waals surface area contributed by atoms with Crippen LogP contribution in [0.25, 0.3) is 0 Å². The summed E-state index contributed by atoms with van der Waals surface area (Å²) in [4.78, 5) is 10.2. The first-order valence-electron chi connectivity index (χ1n) is 4.28. The van der Waals surface area contributed by atoms with Crippen LogP contribution in [0, 0.1) is 0 Å². The van der Waals surface area contributed by atoms with Crippen LogP contribution in [-0.4, -0.2) is 29.6 Å². The van der Waals surface area contributed by atoms with Gasteiger partial charge in [-0.15, -0.1) is 0 Å². The minimum Gasteiger partial charge on any atom is -0.478 e. The van der Waals surface area contributed by atoms with E-state index in [2.05, 4.69) is 0 Å². The summed E-state index contributed by atoms with van der Waals surface area (Å²) < 4.78 is 10.8. The average molecular weight is 186 g/mol. The Kier molecular flexibility index (Phi) is 3.06. The highest BCUT2D eigenvalue weighted by Gasteiger charge is 2.34. The Balaban J connectivity index is 2.46. The molecule has 74 valence electrons. The van der Waals surface area contributed by atoms with Gasteiger partial charge in [-0.25, -0.2) is 4.79 Å². The molecule has 0 aromatic rings. The van der Waals surface area contributed by atoms with Crippen LogP contribution in [0.3, 0.4) is 0 Å². The maximum absolute atomic E-state index is 10.2. The largest absolute Gasteiger partial charge is 0.478 e. The minimum atomic E-state index is -0.964. The Bertz CT molecular complexity index is 224. The van der Waals surface area contributed by atoms with Crippen LogP contribution in [0.2, 0.25) is 0 Å². The predicted molar refractivity (Wildman–Crippen MR) is 46.3 cm³/mol. The highest BCUT2D eigenvalue weighted by Crippen LogP contribution is 2.26. The lowest BCUT2D eigenvalue weighted by atomic mass is 10.2. The van der Waals surface area contributed by atoms with Crippen molar-refractivity contribution in [2.45, 2.75) is 32.2 Å². The van der Waals surface area contributed by atoms with E-state index in [1.54, 1.807) is 0 Å². The van der Waals surface area contributed by atoms with Gasteiger partial charge in [0.2, 0.25) is 0 Å². The van der Waals surface area contributed by atoms with Crippen molar-refractivity contribution in [2.24, 2.45) is 0 Å². The molecule has 1 rings (SSSR count). The average Bonchev–Trinajstić information content (AvgIpc) is 2.45. The number of hydrogen-bond donors (Lipinski definition) is 1. The van der Waals surface area contributed by atoms with Crippen LogP contribution in [0.4, 0.5) is 0 Å². The van der Waals surface area contributed by atoms with Gasteiger partial charge >= 0.3 is 5.97 Å². The molecule has 4 nitrogen and oxygen atoms in total. The molecule has 1 aliphatic rings. The lowest BCUT2D eigenvalue weighted by Gasteiger charge is -2.20. The normalized spacial score (nSPS) is 34.2. The summed E-state index contributed by atoms with van der Waals surface area (Å²) in [7, 11) is 0. The lowest BCUT2D eigenvalue weighted by molar-refractivity contribution is -0.150. The number of carbonyl (C=O) groups is 1. The van der Waals surface area contributed by atoms with E-state index >= 15 is 0 Å². The van der Waals surface area contributed by atoms with Crippen molar-refractivity contribution < 1.29 is 19.4 Å². The van der Waals surface area contributed by atoms with E-state index in [1.165, 1.54) is 6.08 Å². The zero-order valence-corrected chi connectivity index (χ0v) is 7.82. The van der Waals surface area contributed by atoms with Gasteiger partial charge in [-0.05, 0) is 19.4 Å². The fraction of sp³-hybridized carbons (Fsp3) is 0.667. The summed E-state index contributed by atoms with van der Waals surface area (Å²) in [5.74, 6) is -1.51. The fourth-order valence-electron chi connectivity index (χ4n) is 1.12. The molecule has 13 heavy (non-hydrogen) atoms. The van der Waals surface area contributed by atoms with E-state index in [0.29, 0.717) is 6.61 Å². The second-order valence-corrected chi connectivity index (χ2v) is 3.15. The van der Waals surface area contributed by atoms with Gasteiger partial charge in [0.15, 0.2) is 5.79 Å². The number of carboxylic acids is 1. The highest BCUT2D eigenvalue weighted by atomic mass is 16.7. The van der Waals surface area contributed by atoms with Crippen LogP contribution in [0.15, 0.2) is 12.2 Å². The van der Waals surface area contributed by atoms with E-state index < -0.39 is 11.8 Å². The first-order valence-corrected chi connectivity index (χ1v) is 4.28. The molecular weight excluding hydrogens is 172 g/mol. The molecular formula is C9H14O4. The van der Waals surface area contributed by atoms with Gasteiger partial charge in [0.1, 0.15) is 6.10 Å². The SMILES string of the molecule is CCC1(C)OCC(C=CC(=O)O)O1. The van der Waals surface area contributed by atoms with Gasteiger partial charge < -0.3 is 14.6 Å². The molecule has 2 atom stereocenters. The number of ether oxygens (including phenoxy) is 2. The minimum absolute atomic E-state index is 0.235. The summed E-state index contributed by atoms with van der Waals surface area (Å²) >= 11 is 0. The lowest BCUT2D eigenvalue weighted by Crippen LogP contribution is -2.24. The number of aliphatic carboxylic acids is 1. The van der Waals surface area contributed by atoms with Crippen molar-refractivity contribution in [1.29, 1.82) is 0 Å². The van der Waals surface area contributed by atoms with Gasteiger partial charge in [-0.3, -0.25) is 0 Å². The zero-order chi connectivity index (χ0) is 9.90. The van der Waals surface area contributed by atoms with Crippen molar-refractivity contribution in [3.05, 3.63) is 12.2 Å². The molecule has 0 amide bonds. The van der Waals surface area contributed by atoms with Crippen molar-refractivity contribution in [3.63, 3.8) is 0 Å². The molecule has 0 bridgehead atoms. The van der Waals surface area contributed by atoms with Gasteiger partial charge in [-0.1, -0.05) is 6.92 Å². The Morgan fingerprint density at radius 2 is 2.46 bits per heavy atom. The fourth-order valence-corrected chi connectivity index (χ4v) is 1.12. The molecule has 4 heteroatoms. The molecule has 0 aromatic carbocycles. The van der Waals surface area contributed by atoms with E-state index in [9.17, 15) is 4.79 Å². The standard InChI is InChI=1S/C9H14O4/c1-3-9(2)12-6-7(13-9)4-5-8(10)11/h4-5,7H,3,6H2,1-2H3,(H,10,11). The van der Waals surface area contributed by atoms with Crippen LogP contribution in [0.1, 0.15) is 20.3 Å². The van der Waals surface area contributed by atoms with Crippen molar-refractivity contribution in [2.75, 3.05) is 6.61 Å². The van der Waals surface area contributed by atoms with Crippen molar-refractivity contribution in [3.8, 4) is 0 Å². The van der Waals surface area contributed by atoms with E-state index in [1.807, 2.05) is 13.8 Å². The third-order valence-corrected chi connectivity index (χ3v) is 2.05. The molecule has 2 unspecified atom stereocenters. The molecule has 1 N–H and O–H groups in total. The Morgan fingerprint density at radius 3 is 2.92 bits per heavy atom. The monoisotopic (exact) mass is 186 g/mol. The summed E-state index contributed by atoms with van der Waals surface area (Å²) in [6.07, 6.45) is 3.10. The van der Waals surface area contributed by atoms with Crippen molar-refractivity contribution in [1.82, 2.24) is 0 Å². The van der Waals surface area contributed by atoms with Crippen LogP contribution < -0.4 is 0 Å². The summed E-state index contributed by atoms with van der Waals surface area (Å²) in [6.45, 7) is 4.24. The summed E-state index contributed by atoms with van der Waals surface area (Å²) in [5, 5.41) is 8.38. The second-order valence-electron chi connectivity index (χ2n) is 3.15. The van der Waals surface area contributed by atoms with E-state index in [4.69, 9.17) is 14.6 Å². The first-order chi connectivity index (χ1) is 6.06. The molecule has 0 aliphatic carbocycles. The van der Waals surface area contributed by atoms with Gasteiger partial charge in [-0.2, -0.15) is 0 Å². The maximum Gasteiger partial charge on any atom is 0.328 e. The molecule has 1 aliphatic heterocycles. The van der Waals surface area contributed by atoms with E-state index in [-0.39, 0.29) is 6.10 Å².